The maximum absolute atomic E-state index is 12.7. The molecule has 1 fully saturated rings. The molecular weight excluding hydrogens is 245 g/mol. The van der Waals surface area contributed by atoms with Crippen LogP contribution >= 0.6 is 24.0 Å². The summed E-state index contributed by atoms with van der Waals surface area (Å²) in [7, 11) is 0. The first kappa shape index (κ1) is 11.5. The maximum Gasteiger partial charge on any atom is 0.229 e. The summed E-state index contributed by atoms with van der Waals surface area (Å²) in [5.41, 5.74) is 0.889. The molecule has 0 bridgehead atoms. The summed E-state index contributed by atoms with van der Waals surface area (Å²) >= 11 is 6.64. The first-order valence-electron chi connectivity index (χ1n) is 4.88. The predicted molar refractivity (Wildman–Crippen MR) is 66.6 cm³/mol. The SMILES string of the molecule is O=C1CCSC(=S)N1Cc1ccc(F)cc1. The summed E-state index contributed by atoms with van der Waals surface area (Å²) < 4.78 is 13.3. The van der Waals surface area contributed by atoms with E-state index < -0.39 is 0 Å². The summed E-state index contributed by atoms with van der Waals surface area (Å²) in [6.45, 7) is 0.435. The number of hydrogen-bond acceptors (Lipinski definition) is 3. The largest absolute Gasteiger partial charge is 0.293 e. The van der Waals surface area contributed by atoms with Crippen LogP contribution < -0.4 is 0 Å². The number of carbonyl (C=O) groups is 1. The molecule has 0 radical (unpaired) electrons. The second kappa shape index (κ2) is 4.93. The van der Waals surface area contributed by atoms with E-state index in [9.17, 15) is 9.18 Å². The lowest BCUT2D eigenvalue weighted by Gasteiger charge is -2.26. The van der Waals surface area contributed by atoms with Gasteiger partial charge in [-0.15, -0.1) is 0 Å². The number of halogens is 1. The van der Waals surface area contributed by atoms with Gasteiger partial charge in [0, 0.05) is 12.2 Å². The first-order chi connectivity index (χ1) is 7.66. The Morgan fingerprint density at radius 2 is 2.06 bits per heavy atom. The standard InChI is InChI=1S/C11H10FNOS2/c12-9-3-1-8(2-4-9)7-13-10(14)5-6-16-11(13)15/h1-4H,5-7H2. The average Bonchev–Trinajstić information content (AvgIpc) is 2.26. The number of thioether (sulfide) groups is 1. The zero-order valence-electron chi connectivity index (χ0n) is 8.48. The van der Waals surface area contributed by atoms with Crippen LogP contribution in [0.2, 0.25) is 0 Å². The Labute approximate surface area is 103 Å². The molecule has 1 amide bonds. The number of nitrogens with zero attached hydrogens (tertiary/aromatic N) is 1. The van der Waals surface area contributed by atoms with Crippen molar-refractivity contribution in [2.45, 2.75) is 13.0 Å². The van der Waals surface area contributed by atoms with Gasteiger partial charge in [0.1, 0.15) is 10.1 Å². The monoisotopic (exact) mass is 255 g/mol. The van der Waals surface area contributed by atoms with E-state index >= 15 is 0 Å². The lowest BCUT2D eigenvalue weighted by Crippen LogP contribution is -2.37. The van der Waals surface area contributed by atoms with Crippen molar-refractivity contribution in [3.8, 4) is 0 Å². The summed E-state index contributed by atoms with van der Waals surface area (Å²) in [6.07, 6.45) is 0.520. The molecule has 0 aromatic heterocycles. The van der Waals surface area contributed by atoms with E-state index in [2.05, 4.69) is 0 Å². The average molecular weight is 255 g/mol. The van der Waals surface area contributed by atoms with Crippen LogP contribution in [0.3, 0.4) is 0 Å². The Bertz CT molecular complexity index is 402. The summed E-state index contributed by atoms with van der Waals surface area (Å²) in [6, 6.07) is 6.12. The maximum atomic E-state index is 12.7. The highest BCUT2D eigenvalue weighted by Crippen LogP contribution is 2.21. The molecule has 2 nitrogen and oxygen atoms in total. The third-order valence-electron chi connectivity index (χ3n) is 2.32. The van der Waals surface area contributed by atoms with Gasteiger partial charge in [-0.05, 0) is 17.7 Å². The molecule has 84 valence electrons. The van der Waals surface area contributed by atoms with E-state index in [1.807, 2.05) is 0 Å². The van der Waals surface area contributed by atoms with Gasteiger partial charge in [-0.2, -0.15) is 0 Å². The minimum absolute atomic E-state index is 0.0491. The topological polar surface area (TPSA) is 20.3 Å². The normalized spacial score (nSPS) is 16.7. The predicted octanol–water partition coefficient (Wildman–Crippen LogP) is 2.58. The Kier molecular flexibility index (Phi) is 3.56. The minimum Gasteiger partial charge on any atom is -0.293 e. The van der Waals surface area contributed by atoms with Crippen molar-refractivity contribution in [3.63, 3.8) is 0 Å². The highest BCUT2D eigenvalue weighted by Gasteiger charge is 2.23. The fourth-order valence-electron chi connectivity index (χ4n) is 1.47. The number of hydrogen-bond donors (Lipinski definition) is 0. The zero-order valence-corrected chi connectivity index (χ0v) is 10.1. The van der Waals surface area contributed by atoms with Crippen molar-refractivity contribution in [3.05, 3.63) is 35.6 Å². The number of thiocarbonyl (C=S) groups is 1. The van der Waals surface area contributed by atoms with Gasteiger partial charge in [0.05, 0.1) is 6.54 Å². The molecule has 16 heavy (non-hydrogen) atoms. The van der Waals surface area contributed by atoms with Crippen LogP contribution in [0.1, 0.15) is 12.0 Å². The van der Waals surface area contributed by atoms with Crippen molar-refractivity contribution in [2.24, 2.45) is 0 Å². The van der Waals surface area contributed by atoms with Crippen LogP contribution in [-0.2, 0) is 11.3 Å². The third-order valence-corrected chi connectivity index (χ3v) is 3.77. The Morgan fingerprint density at radius 1 is 1.38 bits per heavy atom. The lowest BCUT2D eigenvalue weighted by molar-refractivity contribution is -0.127. The molecule has 1 aliphatic heterocycles. The van der Waals surface area contributed by atoms with E-state index in [0.717, 1.165) is 11.3 Å². The quantitative estimate of drug-likeness (QED) is 0.758. The number of amides is 1. The molecule has 1 saturated heterocycles. The van der Waals surface area contributed by atoms with Crippen molar-refractivity contribution < 1.29 is 9.18 Å². The molecule has 0 N–H and O–H groups in total. The van der Waals surface area contributed by atoms with Gasteiger partial charge >= 0.3 is 0 Å². The summed E-state index contributed by atoms with van der Waals surface area (Å²) in [5.74, 6) is 0.538. The highest BCUT2D eigenvalue weighted by atomic mass is 32.2. The van der Waals surface area contributed by atoms with Crippen molar-refractivity contribution >= 4 is 34.2 Å². The number of benzene rings is 1. The molecule has 1 aliphatic rings. The van der Waals surface area contributed by atoms with Gasteiger partial charge in [-0.25, -0.2) is 4.39 Å². The molecule has 1 aromatic carbocycles. The first-order valence-corrected chi connectivity index (χ1v) is 6.28. The molecule has 1 aromatic rings. The molecule has 1 heterocycles. The van der Waals surface area contributed by atoms with E-state index in [0.29, 0.717) is 17.3 Å². The van der Waals surface area contributed by atoms with Crippen LogP contribution in [-0.4, -0.2) is 20.9 Å². The lowest BCUT2D eigenvalue weighted by atomic mass is 10.2. The second-order valence-corrected chi connectivity index (χ2v) is 5.20. The van der Waals surface area contributed by atoms with E-state index in [-0.39, 0.29) is 11.7 Å². The smallest absolute Gasteiger partial charge is 0.229 e. The van der Waals surface area contributed by atoms with Crippen LogP contribution in [0.5, 0.6) is 0 Å². The highest BCUT2D eigenvalue weighted by molar-refractivity contribution is 8.23. The Balaban J connectivity index is 2.10. The van der Waals surface area contributed by atoms with Gasteiger partial charge in [0.2, 0.25) is 5.91 Å². The molecule has 0 spiro atoms. The van der Waals surface area contributed by atoms with E-state index in [1.54, 1.807) is 17.0 Å². The van der Waals surface area contributed by atoms with Gasteiger partial charge in [-0.3, -0.25) is 9.69 Å². The van der Waals surface area contributed by atoms with Gasteiger partial charge in [0.15, 0.2) is 0 Å². The van der Waals surface area contributed by atoms with Gasteiger partial charge in [-0.1, -0.05) is 36.1 Å². The fraction of sp³-hybridized carbons (Fsp3) is 0.273. The minimum atomic E-state index is -0.273. The Morgan fingerprint density at radius 3 is 2.69 bits per heavy atom. The van der Waals surface area contributed by atoms with Crippen molar-refractivity contribution in [1.29, 1.82) is 0 Å². The molecule has 0 saturated carbocycles. The van der Waals surface area contributed by atoms with E-state index in [4.69, 9.17) is 12.2 Å². The van der Waals surface area contributed by atoms with Crippen molar-refractivity contribution in [1.82, 2.24) is 4.90 Å². The van der Waals surface area contributed by atoms with Crippen LogP contribution in [0.25, 0.3) is 0 Å². The number of carbonyl (C=O) groups excluding carboxylic acids is 1. The fourth-order valence-corrected chi connectivity index (χ4v) is 2.66. The third kappa shape index (κ3) is 2.59. The molecule has 5 heteroatoms. The second-order valence-electron chi connectivity index (χ2n) is 3.47. The molecule has 0 atom stereocenters. The van der Waals surface area contributed by atoms with Crippen molar-refractivity contribution in [2.75, 3.05) is 5.75 Å². The van der Waals surface area contributed by atoms with Gasteiger partial charge in [0.25, 0.3) is 0 Å². The molecule has 0 unspecified atom stereocenters. The Hall–Kier alpha value is -0.940. The van der Waals surface area contributed by atoms with Crippen LogP contribution in [0.15, 0.2) is 24.3 Å². The molecule has 2 rings (SSSR count). The van der Waals surface area contributed by atoms with Gasteiger partial charge < -0.3 is 0 Å². The van der Waals surface area contributed by atoms with Crippen LogP contribution in [0.4, 0.5) is 4.39 Å². The summed E-state index contributed by atoms with van der Waals surface area (Å²) in [4.78, 5) is 13.2. The van der Waals surface area contributed by atoms with E-state index in [1.165, 1.54) is 23.9 Å². The summed E-state index contributed by atoms with van der Waals surface area (Å²) in [5, 5.41) is 0. The number of rotatable bonds is 2. The molecule has 0 aliphatic carbocycles. The van der Waals surface area contributed by atoms with Crippen LogP contribution in [0, 0.1) is 5.82 Å². The zero-order chi connectivity index (χ0) is 11.5. The molecular formula is C11H10FNOS2.